The molecule has 1 aliphatic heterocycles. The van der Waals surface area contributed by atoms with Crippen molar-refractivity contribution in [1.29, 1.82) is 0 Å². The van der Waals surface area contributed by atoms with Crippen molar-refractivity contribution < 1.29 is 4.74 Å². The Balaban J connectivity index is 1.33. The van der Waals surface area contributed by atoms with Gasteiger partial charge in [0, 0.05) is 28.9 Å². The molecule has 1 saturated heterocycles. The number of rotatable bonds is 5. The van der Waals surface area contributed by atoms with E-state index in [9.17, 15) is 0 Å². The number of piperidine rings is 1. The molecule has 0 amide bonds. The molecule has 0 radical (unpaired) electrons. The van der Waals surface area contributed by atoms with Gasteiger partial charge in [-0.15, -0.1) is 0 Å². The number of likely N-dealkylation sites (tertiary alicyclic amines) is 1. The number of aromatic nitrogens is 1. The summed E-state index contributed by atoms with van der Waals surface area (Å²) in [6.45, 7) is 6.37. The van der Waals surface area contributed by atoms with E-state index in [1.165, 1.54) is 25.9 Å². The zero-order valence-electron chi connectivity index (χ0n) is 18.2. The van der Waals surface area contributed by atoms with Crippen molar-refractivity contribution in [3.63, 3.8) is 0 Å². The van der Waals surface area contributed by atoms with E-state index in [-0.39, 0.29) is 0 Å². The molecule has 3 aromatic rings. The van der Waals surface area contributed by atoms with Crippen LogP contribution in [0, 0.1) is 17.8 Å². The van der Waals surface area contributed by atoms with Gasteiger partial charge in [0.2, 0.25) is 0 Å². The lowest BCUT2D eigenvalue weighted by molar-refractivity contribution is 0.160. The maximum absolute atomic E-state index is 6.42. The van der Waals surface area contributed by atoms with Crippen molar-refractivity contribution in [2.45, 2.75) is 19.8 Å². The van der Waals surface area contributed by atoms with Crippen LogP contribution in [0.2, 0.25) is 10.0 Å². The Morgan fingerprint density at radius 1 is 0.969 bits per heavy atom. The maximum Gasteiger partial charge on any atom is 0.132 e. The third kappa shape index (κ3) is 6.26. The van der Waals surface area contributed by atoms with Crippen LogP contribution in [-0.4, -0.2) is 36.1 Å². The molecular weight excluding hydrogens is 439 g/mol. The highest BCUT2D eigenvalue weighted by Gasteiger charge is 2.15. The summed E-state index contributed by atoms with van der Waals surface area (Å²) in [4.78, 5) is 6.91. The summed E-state index contributed by atoms with van der Waals surface area (Å²) in [7, 11) is 0. The Morgan fingerprint density at radius 3 is 2.38 bits per heavy atom. The zero-order valence-corrected chi connectivity index (χ0v) is 19.7. The molecule has 1 aromatic heterocycles. The minimum Gasteiger partial charge on any atom is -0.492 e. The molecule has 0 bridgehead atoms. The molecule has 1 fully saturated rings. The van der Waals surface area contributed by atoms with Gasteiger partial charge < -0.3 is 4.74 Å². The van der Waals surface area contributed by atoms with Crippen molar-refractivity contribution >= 4 is 23.2 Å². The molecule has 0 saturated carbocycles. The third-order valence-electron chi connectivity index (χ3n) is 5.75. The summed E-state index contributed by atoms with van der Waals surface area (Å²) in [5, 5.41) is 1.22. The molecule has 1 aliphatic rings. The van der Waals surface area contributed by atoms with E-state index < -0.39 is 0 Å². The normalized spacial score (nSPS) is 14.6. The molecule has 4 rings (SSSR count). The number of ether oxygens (including phenoxy) is 1. The van der Waals surface area contributed by atoms with E-state index in [0.717, 1.165) is 34.9 Å². The Morgan fingerprint density at radius 2 is 1.69 bits per heavy atom. The highest BCUT2D eigenvalue weighted by Crippen LogP contribution is 2.25. The molecule has 0 N–H and O–H groups in total. The molecular formula is C27H26Cl2N2O. The summed E-state index contributed by atoms with van der Waals surface area (Å²) < 4.78 is 5.90. The molecule has 0 aliphatic carbocycles. The summed E-state index contributed by atoms with van der Waals surface area (Å²) in [6, 6.07) is 17.3. The lowest BCUT2D eigenvalue weighted by Gasteiger charge is -2.29. The Bertz CT molecular complexity index is 1090. The van der Waals surface area contributed by atoms with E-state index in [4.69, 9.17) is 27.9 Å². The monoisotopic (exact) mass is 464 g/mol. The minimum absolute atomic E-state index is 0.525. The SMILES string of the molecule is CC1CCN(CCOc2ccc(C#Cc3ncc(-c4ccc(Cl)cc4)cc3Cl)cc2)CC1. The van der Waals surface area contributed by atoms with Crippen LogP contribution in [0.4, 0.5) is 0 Å². The smallest absolute Gasteiger partial charge is 0.132 e. The van der Waals surface area contributed by atoms with Gasteiger partial charge in [0.15, 0.2) is 0 Å². The summed E-state index contributed by atoms with van der Waals surface area (Å²) in [5.74, 6) is 7.91. The fourth-order valence-corrected chi connectivity index (χ4v) is 4.01. The second-order valence-electron chi connectivity index (χ2n) is 8.21. The van der Waals surface area contributed by atoms with Gasteiger partial charge in [-0.1, -0.05) is 48.2 Å². The predicted octanol–water partition coefficient (Wildman–Crippen LogP) is 6.57. The number of hydrogen-bond acceptors (Lipinski definition) is 3. The number of halogens is 2. The number of benzene rings is 2. The van der Waals surface area contributed by atoms with E-state index in [0.29, 0.717) is 22.3 Å². The predicted molar refractivity (Wildman–Crippen MR) is 132 cm³/mol. The first-order chi connectivity index (χ1) is 15.6. The zero-order chi connectivity index (χ0) is 22.3. The van der Waals surface area contributed by atoms with Gasteiger partial charge in [-0.3, -0.25) is 4.90 Å². The summed E-state index contributed by atoms with van der Waals surface area (Å²) in [5.41, 5.74) is 3.38. The molecule has 164 valence electrons. The van der Waals surface area contributed by atoms with Crippen LogP contribution in [0.1, 0.15) is 31.0 Å². The van der Waals surface area contributed by atoms with E-state index >= 15 is 0 Å². The topological polar surface area (TPSA) is 25.4 Å². The van der Waals surface area contributed by atoms with Gasteiger partial charge in [0.25, 0.3) is 0 Å². The van der Waals surface area contributed by atoms with Crippen LogP contribution in [-0.2, 0) is 0 Å². The molecule has 32 heavy (non-hydrogen) atoms. The molecule has 2 heterocycles. The average Bonchev–Trinajstić information content (AvgIpc) is 2.81. The standard InChI is InChI=1S/C27H26Cl2N2O/c1-20-12-14-31(15-13-20)16-17-32-25-9-2-21(3-10-25)4-11-27-26(29)18-23(19-30-27)22-5-7-24(28)8-6-22/h2-3,5-10,18-20H,12-17H2,1H3. The fourth-order valence-electron chi connectivity index (χ4n) is 3.67. The van der Waals surface area contributed by atoms with Crippen molar-refractivity contribution in [3.05, 3.63) is 82.1 Å². The van der Waals surface area contributed by atoms with Crippen molar-refractivity contribution in [1.82, 2.24) is 9.88 Å². The number of nitrogens with zero attached hydrogens (tertiary/aromatic N) is 2. The van der Waals surface area contributed by atoms with Crippen molar-refractivity contribution in [2.75, 3.05) is 26.2 Å². The molecule has 0 unspecified atom stereocenters. The number of pyridine rings is 1. The molecule has 3 nitrogen and oxygen atoms in total. The van der Waals surface area contributed by atoms with Crippen LogP contribution in [0.15, 0.2) is 60.8 Å². The lowest BCUT2D eigenvalue weighted by Crippen LogP contribution is -2.35. The van der Waals surface area contributed by atoms with E-state index in [2.05, 4.69) is 28.6 Å². The van der Waals surface area contributed by atoms with E-state index in [1.54, 1.807) is 6.20 Å². The molecule has 2 aromatic carbocycles. The maximum atomic E-state index is 6.42. The molecule has 0 spiro atoms. The molecule has 0 atom stereocenters. The Kier molecular flexibility index (Phi) is 7.71. The van der Waals surface area contributed by atoms with Gasteiger partial charge in [0.1, 0.15) is 18.1 Å². The third-order valence-corrected chi connectivity index (χ3v) is 6.29. The summed E-state index contributed by atoms with van der Waals surface area (Å²) in [6.07, 6.45) is 4.35. The van der Waals surface area contributed by atoms with Crippen molar-refractivity contribution in [2.24, 2.45) is 5.92 Å². The Labute approximate surface area is 200 Å². The first-order valence-corrected chi connectivity index (χ1v) is 11.7. The Hall–Kier alpha value is -2.51. The van der Waals surface area contributed by atoms with Crippen molar-refractivity contribution in [3.8, 4) is 28.7 Å². The summed E-state index contributed by atoms with van der Waals surface area (Å²) >= 11 is 12.4. The van der Waals surface area contributed by atoms with E-state index in [1.807, 2.05) is 54.6 Å². The van der Waals surface area contributed by atoms with Gasteiger partial charge in [-0.05, 0) is 85.8 Å². The van der Waals surface area contributed by atoms with Gasteiger partial charge in [-0.25, -0.2) is 4.98 Å². The largest absolute Gasteiger partial charge is 0.492 e. The van der Waals surface area contributed by atoms with Gasteiger partial charge in [0.05, 0.1) is 5.02 Å². The lowest BCUT2D eigenvalue weighted by atomic mass is 9.99. The van der Waals surface area contributed by atoms with Crippen LogP contribution in [0.25, 0.3) is 11.1 Å². The molecule has 5 heteroatoms. The van der Waals surface area contributed by atoms with Crippen LogP contribution in [0.3, 0.4) is 0 Å². The fraction of sp³-hybridized carbons (Fsp3) is 0.296. The highest BCUT2D eigenvalue weighted by molar-refractivity contribution is 6.32. The van der Waals surface area contributed by atoms with Gasteiger partial charge >= 0.3 is 0 Å². The first-order valence-electron chi connectivity index (χ1n) is 11.0. The van der Waals surface area contributed by atoms with Gasteiger partial charge in [-0.2, -0.15) is 0 Å². The quantitative estimate of drug-likeness (QED) is 0.399. The second-order valence-corrected chi connectivity index (χ2v) is 9.05. The first kappa shape index (κ1) is 22.7. The minimum atomic E-state index is 0.525. The van der Waals surface area contributed by atoms with Crippen LogP contribution in [0.5, 0.6) is 5.75 Å². The second kappa shape index (κ2) is 10.9. The highest BCUT2D eigenvalue weighted by atomic mass is 35.5. The van der Waals surface area contributed by atoms with Crippen LogP contribution >= 0.6 is 23.2 Å². The average molecular weight is 465 g/mol. The van der Waals surface area contributed by atoms with Crippen LogP contribution < -0.4 is 4.74 Å². The number of hydrogen-bond donors (Lipinski definition) is 0.